The highest BCUT2D eigenvalue weighted by Gasteiger charge is 2.38. The molecule has 1 amide bonds. The topological polar surface area (TPSA) is 46.6 Å². The highest BCUT2D eigenvalue weighted by Crippen LogP contribution is 2.39. The van der Waals surface area contributed by atoms with Crippen LogP contribution in [0.2, 0.25) is 10.0 Å². The Morgan fingerprint density at radius 3 is 2.45 bits per heavy atom. The molecule has 1 aliphatic heterocycles. The molecule has 0 radical (unpaired) electrons. The first kappa shape index (κ1) is 21.2. The average molecular weight is 452 g/mol. The Hall–Kier alpha value is -3.08. The van der Waals surface area contributed by atoms with Gasteiger partial charge < -0.3 is 4.74 Å². The third kappa shape index (κ3) is 4.36. The van der Waals surface area contributed by atoms with Gasteiger partial charge in [0.15, 0.2) is 0 Å². The van der Waals surface area contributed by atoms with E-state index in [9.17, 15) is 9.59 Å². The summed E-state index contributed by atoms with van der Waals surface area (Å²) in [6, 6.07) is 21.2. The molecule has 31 heavy (non-hydrogen) atoms. The molecule has 0 aromatic heterocycles. The molecule has 156 valence electrons. The SMILES string of the molecule is CC(C(=O)OCc1ccccc1)N1C(=O)/C(=C\c2ccc(Cl)c(Cl)c2)c2ccccc21. The summed E-state index contributed by atoms with van der Waals surface area (Å²) in [5, 5.41) is 0.850. The summed E-state index contributed by atoms with van der Waals surface area (Å²) in [5.74, 6) is -0.737. The van der Waals surface area contributed by atoms with Crippen LogP contribution in [0.25, 0.3) is 11.6 Å². The van der Waals surface area contributed by atoms with Gasteiger partial charge in [0.05, 0.1) is 15.7 Å². The van der Waals surface area contributed by atoms with Gasteiger partial charge in [-0.25, -0.2) is 4.79 Å². The van der Waals surface area contributed by atoms with Crippen molar-refractivity contribution < 1.29 is 14.3 Å². The summed E-state index contributed by atoms with van der Waals surface area (Å²) in [6.45, 7) is 1.82. The number of hydrogen-bond donors (Lipinski definition) is 0. The fourth-order valence-corrected chi connectivity index (χ4v) is 3.82. The number of nitrogens with zero attached hydrogens (tertiary/aromatic N) is 1. The molecule has 3 aromatic rings. The summed E-state index contributed by atoms with van der Waals surface area (Å²) in [5.41, 5.74) is 3.53. The van der Waals surface area contributed by atoms with Gasteiger partial charge in [-0.3, -0.25) is 9.69 Å². The molecule has 1 heterocycles. The standard InChI is InChI=1S/C25H19Cl2NO3/c1-16(25(30)31-15-17-7-3-2-4-8-17)28-23-10-6-5-9-19(23)20(24(28)29)13-18-11-12-21(26)22(27)14-18/h2-14,16H,15H2,1H3/b20-13-. The van der Waals surface area contributed by atoms with Crippen molar-refractivity contribution in [1.82, 2.24) is 0 Å². The van der Waals surface area contributed by atoms with E-state index in [1.807, 2.05) is 54.6 Å². The van der Waals surface area contributed by atoms with Crippen LogP contribution in [0.1, 0.15) is 23.6 Å². The molecule has 0 saturated heterocycles. The lowest BCUT2D eigenvalue weighted by Crippen LogP contribution is -2.42. The van der Waals surface area contributed by atoms with E-state index in [-0.39, 0.29) is 12.5 Å². The Labute approximate surface area is 190 Å². The lowest BCUT2D eigenvalue weighted by atomic mass is 10.0. The van der Waals surface area contributed by atoms with Crippen molar-refractivity contribution in [3.05, 3.63) is 99.5 Å². The van der Waals surface area contributed by atoms with Crippen molar-refractivity contribution in [2.24, 2.45) is 0 Å². The quantitative estimate of drug-likeness (QED) is 0.352. The second-order valence-electron chi connectivity index (χ2n) is 7.19. The van der Waals surface area contributed by atoms with Crippen LogP contribution in [0.15, 0.2) is 72.8 Å². The number of esters is 1. The van der Waals surface area contributed by atoms with Crippen LogP contribution in [0.4, 0.5) is 5.69 Å². The molecule has 0 spiro atoms. The monoisotopic (exact) mass is 451 g/mol. The van der Waals surface area contributed by atoms with E-state index in [2.05, 4.69) is 0 Å². The van der Waals surface area contributed by atoms with E-state index in [1.54, 1.807) is 31.2 Å². The molecule has 1 atom stereocenters. The number of anilines is 1. The van der Waals surface area contributed by atoms with Crippen LogP contribution in [-0.4, -0.2) is 17.9 Å². The minimum atomic E-state index is -0.780. The van der Waals surface area contributed by atoms with Gasteiger partial charge in [0.1, 0.15) is 12.6 Å². The van der Waals surface area contributed by atoms with Crippen molar-refractivity contribution in [2.45, 2.75) is 19.6 Å². The van der Waals surface area contributed by atoms with Crippen LogP contribution in [0.3, 0.4) is 0 Å². The third-order valence-corrected chi connectivity index (χ3v) is 5.85. The number of carbonyl (C=O) groups excluding carboxylic acids is 2. The van der Waals surface area contributed by atoms with Gasteiger partial charge in [0.25, 0.3) is 5.91 Å². The molecule has 6 heteroatoms. The molecular formula is C25H19Cl2NO3. The molecule has 4 rings (SSSR count). The Kier molecular flexibility index (Phi) is 6.12. The van der Waals surface area contributed by atoms with Gasteiger partial charge in [-0.1, -0.05) is 77.8 Å². The van der Waals surface area contributed by atoms with Crippen molar-refractivity contribution in [2.75, 3.05) is 4.90 Å². The number of hydrogen-bond acceptors (Lipinski definition) is 3. The third-order valence-electron chi connectivity index (χ3n) is 5.11. The van der Waals surface area contributed by atoms with E-state index in [0.717, 1.165) is 16.7 Å². The second kappa shape index (κ2) is 8.96. The zero-order valence-electron chi connectivity index (χ0n) is 16.7. The Morgan fingerprint density at radius 1 is 1.00 bits per heavy atom. The zero-order valence-corrected chi connectivity index (χ0v) is 18.2. The molecule has 1 aliphatic rings. The zero-order chi connectivity index (χ0) is 22.0. The molecule has 3 aromatic carbocycles. The number of benzene rings is 3. The maximum absolute atomic E-state index is 13.3. The minimum absolute atomic E-state index is 0.152. The predicted molar refractivity (Wildman–Crippen MR) is 124 cm³/mol. The number of carbonyl (C=O) groups is 2. The van der Waals surface area contributed by atoms with Crippen LogP contribution < -0.4 is 4.90 Å². The molecular weight excluding hydrogens is 433 g/mol. The Morgan fingerprint density at radius 2 is 1.71 bits per heavy atom. The van der Waals surface area contributed by atoms with Gasteiger partial charge in [0, 0.05) is 11.1 Å². The minimum Gasteiger partial charge on any atom is -0.459 e. The Balaban J connectivity index is 1.61. The van der Waals surface area contributed by atoms with Crippen molar-refractivity contribution in [3.8, 4) is 0 Å². The number of ether oxygens (including phenoxy) is 1. The lowest BCUT2D eigenvalue weighted by molar-refractivity contribution is -0.146. The first-order chi connectivity index (χ1) is 15.0. The number of fused-ring (bicyclic) bond motifs is 1. The van der Waals surface area contributed by atoms with E-state index >= 15 is 0 Å². The fraction of sp³-hybridized carbons (Fsp3) is 0.120. The van der Waals surface area contributed by atoms with Crippen LogP contribution in [-0.2, 0) is 20.9 Å². The van der Waals surface area contributed by atoms with Crippen molar-refractivity contribution in [1.29, 1.82) is 0 Å². The van der Waals surface area contributed by atoms with E-state index in [4.69, 9.17) is 27.9 Å². The van der Waals surface area contributed by atoms with Crippen LogP contribution in [0, 0.1) is 0 Å². The average Bonchev–Trinajstić information content (AvgIpc) is 3.06. The number of amides is 1. The number of halogens is 2. The lowest BCUT2D eigenvalue weighted by Gasteiger charge is -2.23. The van der Waals surface area contributed by atoms with Gasteiger partial charge >= 0.3 is 5.97 Å². The summed E-state index contributed by atoms with van der Waals surface area (Å²) < 4.78 is 5.46. The smallest absolute Gasteiger partial charge is 0.329 e. The van der Waals surface area contributed by atoms with Gasteiger partial charge in [-0.15, -0.1) is 0 Å². The van der Waals surface area contributed by atoms with Gasteiger partial charge in [-0.05, 0) is 42.3 Å². The van der Waals surface area contributed by atoms with Crippen LogP contribution >= 0.6 is 23.2 Å². The molecule has 1 unspecified atom stereocenters. The molecule has 0 fully saturated rings. The molecule has 0 bridgehead atoms. The van der Waals surface area contributed by atoms with Gasteiger partial charge in [0.2, 0.25) is 0 Å². The van der Waals surface area contributed by atoms with Crippen molar-refractivity contribution in [3.63, 3.8) is 0 Å². The van der Waals surface area contributed by atoms with E-state index < -0.39 is 12.0 Å². The summed E-state index contributed by atoms with van der Waals surface area (Å²) in [6.07, 6.45) is 1.76. The van der Waals surface area contributed by atoms with E-state index in [0.29, 0.717) is 21.3 Å². The number of para-hydroxylation sites is 1. The molecule has 0 aliphatic carbocycles. The first-order valence-electron chi connectivity index (χ1n) is 9.76. The highest BCUT2D eigenvalue weighted by molar-refractivity contribution is 6.42. The highest BCUT2D eigenvalue weighted by atomic mass is 35.5. The maximum atomic E-state index is 13.3. The summed E-state index contributed by atoms with van der Waals surface area (Å²) in [7, 11) is 0. The molecule has 0 N–H and O–H groups in total. The van der Waals surface area contributed by atoms with Crippen molar-refractivity contribution >= 4 is 52.4 Å². The largest absolute Gasteiger partial charge is 0.459 e. The summed E-state index contributed by atoms with van der Waals surface area (Å²) >= 11 is 12.1. The normalized spacial score (nSPS) is 15.1. The molecule has 0 saturated carbocycles. The Bertz CT molecular complexity index is 1170. The first-order valence-corrected chi connectivity index (χ1v) is 10.5. The van der Waals surface area contributed by atoms with Gasteiger partial charge in [-0.2, -0.15) is 0 Å². The van der Waals surface area contributed by atoms with E-state index in [1.165, 1.54) is 4.90 Å². The predicted octanol–water partition coefficient (Wildman–Crippen LogP) is 6.01. The van der Waals surface area contributed by atoms with Crippen LogP contribution in [0.5, 0.6) is 0 Å². The number of rotatable bonds is 5. The summed E-state index contributed by atoms with van der Waals surface area (Å²) in [4.78, 5) is 27.5. The second-order valence-corrected chi connectivity index (χ2v) is 8.01. The fourth-order valence-electron chi connectivity index (χ4n) is 3.51. The molecule has 4 nitrogen and oxygen atoms in total. The maximum Gasteiger partial charge on any atom is 0.329 e.